The van der Waals surface area contributed by atoms with E-state index >= 15 is 0 Å². The van der Waals surface area contributed by atoms with E-state index in [9.17, 15) is 9.90 Å². The Morgan fingerprint density at radius 1 is 1.42 bits per heavy atom. The van der Waals surface area contributed by atoms with Crippen LogP contribution in [0.2, 0.25) is 0 Å². The van der Waals surface area contributed by atoms with E-state index in [1.807, 2.05) is 37.2 Å². The molecule has 1 aromatic heterocycles. The highest BCUT2D eigenvalue weighted by Crippen LogP contribution is 2.26. The van der Waals surface area contributed by atoms with E-state index in [-0.39, 0.29) is 5.91 Å². The molecular weight excluding hydrogens is 306 g/mol. The molecule has 0 radical (unpaired) electrons. The highest BCUT2D eigenvalue weighted by Gasteiger charge is 2.36. The van der Waals surface area contributed by atoms with Crippen molar-refractivity contribution < 1.29 is 9.90 Å². The molecule has 2 heterocycles. The summed E-state index contributed by atoms with van der Waals surface area (Å²) in [5, 5.41) is 17.5. The van der Waals surface area contributed by atoms with Gasteiger partial charge in [-0.15, -0.1) is 0 Å². The maximum absolute atomic E-state index is 13.0. The topological polar surface area (TPSA) is 85.3 Å². The molecule has 0 bridgehead atoms. The molecule has 24 heavy (non-hydrogen) atoms. The first-order valence-corrected chi connectivity index (χ1v) is 8.10. The number of piperidine rings is 1. The quantitative estimate of drug-likeness (QED) is 0.874. The molecule has 1 aromatic carbocycles. The molecule has 1 amide bonds. The van der Waals surface area contributed by atoms with Crippen molar-refractivity contribution in [2.24, 2.45) is 0 Å². The maximum Gasteiger partial charge on any atom is 0.254 e. The van der Waals surface area contributed by atoms with Crippen molar-refractivity contribution in [2.75, 3.05) is 33.7 Å². The maximum atomic E-state index is 13.0. The highest BCUT2D eigenvalue weighted by molar-refractivity contribution is 6.00. The lowest BCUT2D eigenvalue weighted by Crippen LogP contribution is -2.54. The van der Waals surface area contributed by atoms with E-state index in [1.54, 1.807) is 11.0 Å². The van der Waals surface area contributed by atoms with Crippen LogP contribution in [0, 0.1) is 0 Å². The second-order valence-electron chi connectivity index (χ2n) is 6.67. The van der Waals surface area contributed by atoms with Crippen molar-refractivity contribution in [3.63, 3.8) is 0 Å². The van der Waals surface area contributed by atoms with Gasteiger partial charge in [0.2, 0.25) is 0 Å². The molecule has 1 fully saturated rings. The predicted molar refractivity (Wildman–Crippen MR) is 90.5 cm³/mol. The molecule has 2 aromatic rings. The third kappa shape index (κ3) is 3.47. The Hall–Kier alpha value is -2.25. The number of likely N-dealkylation sites (N-methyl/N-ethyl adjacent to an activating group) is 1. The van der Waals surface area contributed by atoms with E-state index in [4.69, 9.17) is 0 Å². The third-order valence-corrected chi connectivity index (χ3v) is 4.28. The number of benzene rings is 1. The highest BCUT2D eigenvalue weighted by atomic mass is 16.3. The molecule has 0 spiro atoms. The Balaban J connectivity index is 1.85. The van der Waals surface area contributed by atoms with Crippen molar-refractivity contribution in [3.8, 4) is 11.4 Å². The van der Waals surface area contributed by atoms with Gasteiger partial charge < -0.3 is 14.9 Å². The molecular formula is C17H23N5O2. The fraction of sp³-hybridized carbons (Fsp3) is 0.471. The van der Waals surface area contributed by atoms with Crippen LogP contribution in [0.5, 0.6) is 0 Å². The van der Waals surface area contributed by atoms with Crippen molar-refractivity contribution in [2.45, 2.75) is 18.4 Å². The summed E-state index contributed by atoms with van der Waals surface area (Å²) in [5.74, 6) is 0.485. The number of aromatic nitrogens is 3. The number of aromatic amines is 1. The van der Waals surface area contributed by atoms with E-state index in [0.29, 0.717) is 37.4 Å². The fourth-order valence-electron chi connectivity index (χ4n) is 3.39. The SMILES string of the molecule is CN(C)CC1(O)CCCN(C(=O)c2ccccc2-c2ncn[nH]2)C1. The number of amides is 1. The first-order valence-electron chi connectivity index (χ1n) is 8.10. The van der Waals surface area contributed by atoms with E-state index in [0.717, 1.165) is 12.0 Å². The van der Waals surface area contributed by atoms with Crippen LogP contribution < -0.4 is 0 Å². The number of rotatable bonds is 4. The van der Waals surface area contributed by atoms with Gasteiger partial charge in [0.05, 0.1) is 17.7 Å². The van der Waals surface area contributed by atoms with Gasteiger partial charge in [-0.25, -0.2) is 4.98 Å². The lowest BCUT2D eigenvalue weighted by atomic mass is 9.91. The Labute approximate surface area is 141 Å². The number of β-amino-alcohol motifs (C(OH)–C–C–N with tert-alkyl or cyclic N) is 1. The average molecular weight is 329 g/mol. The van der Waals surface area contributed by atoms with E-state index in [2.05, 4.69) is 15.2 Å². The van der Waals surface area contributed by atoms with Gasteiger partial charge in [0.25, 0.3) is 5.91 Å². The molecule has 3 rings (SSSR count). The minimum absolute atomic E-state index is 0.0844. The standard InChI is InChI=1S/C17H23N5O2/c1-21(2)10-17(24)8-5-9-22(11-17)16(23)14-7-4-3-6-13(14)15-18-12-19-20-15/h3-4,6-7,12,24H,5,8-11H2,1-2H3,(H,18,19,20). The van der Waals surface area contributed by atoms with Crippen LogP contribution in [0.15, 0.2) is 30.6 Å². The minimum Gasteiger partial charge on any atom is -0.387 e. The first kappa shape index (κ1) is 16.6. The number of hydrogen-bond donors (Lipinski definition) is 2. The lowest BCUT2D eigenvalue weighted by molar-refractivity contribution is -0.0391. The number of nitrogens with zero attached hydrogens (tertiary/aromatic N) is 4. The summed E-state index contributed by atoms with van der Waals surface area (Å²) in [6.07, 6.45) is 2.92. The summed E-state index contributed by atoms with van der Waals surface area (Å²) in [6.45, 7) is 1.54. The molecule has 2 N–H and O–H groups in total. The van der Waals surface area contributed by atoms with Gasteiger partial charge in [-0.1, -0.05) is 18.2 Å². The molecule has 1 unspecified atom stereocenters. The zero-order valence-corrected chi connectivity index (χ0v) is 14.1. The molecule has 128 valence electrons. The predicted octanol–water partition coefficient (Wildman–Crippen LogP) is 1.00. The normalized spacial score (nSPS) is 21.2. The van der Waals surface area contributed by atoms with E-state index < -0.39 is 5.60 Å². The molecule has 1 atom stereocenters. The Morgan fingerprint density at radius 3 is 2.92 bits per heavy atom. The van der Waals surface area contributed by atoms with Gasteiger partial charge >= 0.3 is 0 Å². The zero-order chi connectivity index (χ0) is 17.2. The molecule has 0 aliphatic carbocycles. The van der Waals surface area contributed by atoms with Crippen molar-refractivity contribution in [1.29, 1.82) is 0 Å². The Kier molecular flexibility index (Phi) is 4.64. The molecule has 1 saturated heterocycles. The number of aliphatic hydroxyl groups is 1. The monoisotopic (exact) mass is 329 g/mol. The largest absolute Gasteiger partial charge is 0.387 e. The third-order valence-electron chi connectivity index (χ3n) is 4.28. The van der Waals surface area contributed by atoms with Gasteiger partial charge in [0.1, 0.15) is 6.33 Å². The smallest absolute Gasteiger partial charge is 0.254 e. The van der Waals surface area contributed by atoms with Gasteiger partial charge in [0.15, 0.2) is 5.82 Å². The Bertz CT molecular complexity index is 701. The number of H-pyrrole nitrogens is 1. The second-order valence-corrected chi connectivity index (χ2v) is 6.67. The van der Waals surface area contributed by atoms with Crippen LogP contribution in [-0.4, -0.2) is 75.3 Å². The lowest BCUT2D eigenvalue weighted by Gasteiger charge is -2.40. The second kappa shape index (κ2) is 6.70. The Morgan fingerprint density at radius 2 is 2.21 bits per heavy atom. The van der Waals surface area contributed by atoms with Crippen molar-refractivity contribution >= 4 is 5.91 Å². The van der Waals surface area contributed by atoms with Gasteiger partial charge in [-0.05, 0) is 33.0 Å². The fourth-order valence-corrected chi connectivity index (χ4v) is 3.39. The number of likely N-dealkylation sites (tertiary alicyclic amines) is 1. The van der Waals surface area contributed by atoms with Crippen LogP contribution in [0.1, 0.15) is 23.2 Å². The van der Waals surface area contributed by atoms with E-state index in [1.165, 1.54) is 6.33 Å². The number of nitrogens with one attached hydrogen (secondary N) is 1. The minimum atomic E-state index is -0.863. The molecule has 1 aliphatic rings. The van der Waals surface area contributed by atoms with Gasteiger partial charge in [-0.3, -0.25) is 9.89 Å². The molecule has 7 heteroatoms. The number of carbonyl (C=O) groups is 1. The first-order chi connectivity index (χ1) is 11.5. The van der Waals surface area contributed by atoms with Crippen LogP contribution in [0.3, 0.4) is 0 Å². The summed E-state index contributed by atoms with van der Waals surface area (Å²) in [4.78, 5) is 20.9. The number of carbonyl (C=O) groups excluding carboxylic acids is 1. The number of hydrogen-bond acceptors (Lipinski definition) is 5. The summed E-state index contributed by atoms with van der Waals surface area (Å²) in [7, 11) is 3.86. The van der Waals surface area contributed by atoms with Crippen LogP contribution in [0.4, 0.5) is 0 Å². The van der Waals surface area contributed by atoms with Crippen molar-refractivity contribution in [3.05, 3.63) is 36.2 Å². The summed E-state index contributed by atoms with van der Waals surface area (Å²) in [6, 6.07) is 7.35. The summed E-state index contributed by atoms with van der Waals surface area (Å²) < 4.78 is 0. The molecule has 0 saturated carbocycles. The van der Waals surface area contributed by atoms with Crippen LogP contribution >= 0.6 is 0 Å². The van der Waals surface area contributed by atoms with Crippen LogP contribution in [0.25, 0.3) is 11.4 Å². The molecule has 1 aliphatic heterocycles. The average Bonchev–Trinajstić information content (AvgIpc) is 3.07. The summed E-state index contributed by atoms with van der Waals surface area (Å²) >= 11 is 0. The zero-order valence-electron chi connectivity index (χ0n) is 14.1. The van der Waals surface area contributed by atoms with Gasteiger partial charge in [0, 0.05) is 18.7 Å². The van der Waals surface area contributed by atoms with Crippen molar-refractivity contribution in [1.82, 2.24) is 25.0 Å². The van der Waals surface area contributed by atoms with Gasteiger partial charge in [-0.2, -0.15) is 5.10 Å². The van der Waals surface area contributed by atoms with Crippen LogP contribution in [-0.2, 0) is 0 Å². The summed E-state index contributed by atoms with van der Waals surface area (Å²) in [5.41, 5.74) is 0.434. The molecule has 7 nitrogen and oxygen atoms in total.